The van der Waals surface area contributed by atoms with Crippen LogP contribution in [0.5, 0.6) is 0 Å². The summed E-state index contributed by atoms with van der Waals surface area (Å²) in [5.74, 6) is 0. The molecule has 0 fully saturated rings. The van der Waals surface area contributed by atoms with Gasteiger partial charge in [0.05, 0.1) is 0 Å². The van der Waals surface area contributed by atoms with E-state index in [-0.39, 0.29) is 0 Å². The number of hydrogen-bond acceptors (Lipinski definition) is 2. The first-order valence-electron chi connectivity index (χ1n) is 5.15. The van der Waals surface area contributed by atoms with Gasteiger partial charge in [-0.1, -0.05) is 30.3 Å². The summed E-state index contributed by atoms with van der Waals surface area (Å²) in [6.07, 6.45) is 3.99. The van der Waals surface area contributed by atoms with Crippen LogP contribution in [0.4, 0.5) is 0 Å². The number of hydrogen-bond donors (Lipinski definition) is 2. The zero-order valence-electron chi connectivity index (χ0n) is 8.82. The Labute approximate surface area is 94.8 Å². The van der Waals surface area contributed by atoms with Crippen molar-refractivity contribution in [1.82, 2.24) is 0 Å². The monoisotopic (exact) mass is 214 g/mol. The van der Waals surface area contributed by atoms with Crippen molar-refractivity contribution in [3.8, 4) is 0 Å². The molecule has 0 aliphatic rings. The zero-order valence-corrected chi connectivity index (χ0v) is 8.82. The van der Waals surface area contributed by atoms with Crippen LogP contribution in [-0.2, 0) is 6.54 Å². The largest absolute Gasteiger partial charge is 0.488 e. The topological polar surface area (TPSA) is 44.3 Å². The molecule has 1 heterocycles. The molecule has 2 aromatic rings. The van der Waals surface area contributed by atoms with E-state index in [2.05, 4.69) is 4.57 Å². The van der Waals surface area contributed by atoms with Crippen LogP contribution in [0, 0.1) is 0 Å². The average Bonchev–Trinajstić information content (AvgIpc) is 2.31. The van der Waals surface area contributed by atoms with Gasteiger partial charge in [-0.3, -0.25) is 0 Å². The summed E-state index contributed by atoms with van der Waals surface area (Å²) in [6, 6.07) is 13.2. The first-order chi connectivity index (χ1) is 7.75. The second-order valence-electron chi connectivity index (χ2n) is 3.66. The van der Waals surface area contributed by atoms with E-state index in [1.165, 1.54) is 0 Å². The summed E-state index contributed by atoms with van der Waals surface area (Å²) in [4.78, 5) is 0. The van der Waals surface area contributed by atoms with Gasteiger partial charge in [0.25, 0.3) is 0 Å². The molecule has 0 atom stereocenters. The van der Waals surface area contributed by atoms with Gasteiger partial charge in [0.2, 0.25) is 0 Å². The van der Waals surface area contributed by atoms with E-state index in [1.54, 1.807) is 12.1 Å². The molecule has 2 N–H and O–H groups in total. The maximum Gasteiger partial charge on any atom is 0.488 e. The van der Waals surface area contributed by atoms with Crippen LogP contribution in [0.25, 0.3) is 0 Å². The van der Waals surface area contributed by atoms with Gasteiger partial charge >= 0.3 is 7.12 Å². The van der Waals surface area contributed by atoms with Crippen molar-refractivity contribution >= 4 is 12.6 Å². The third-order valence-electron chi connectivity index (χ3n) is 2.42. The lowest BCUT2D eigenvalue weighted by Gasteiger charge is -2.00. The molecule has 3 nitrogen and oxygen atoms in total. The molecule has 4 heteroatoms. The number of benzene rings is 1. The quantitative estimate of drug-likeness (QED) is 0.544. The fourth-order valence-corrected chi connectivity index (χ4v) is 1.55. The molecule has 80 valence electrons. The molecule has 1 aromatic carbocycles. The lowest BCUT2D eigenvalue weighted by Crippen LogP contribution is -2.33. The summed E-state index contributed by atoms with van der Waals surface area (Å²) in [5.41, 5.74) is 1.64. The highest BCUT2D eigenvalue weighted by atomic mass is 16.4. The van der Waals surface area contributed by atoms with Crippen molar-refractivity contribution in [2.24, 2.45) is 0 Å². The van der Waals surface area contributed by atoms with Crippen molar-refractivity contribution in [1.29, 1.82) is 0 Å². The highest BCUT2D eigenvalue weighted by Crippen LogP contribution is 1.96. The Bertz CT molecular complexity index is 442. The minimum Gasteiger partial charge on any atom is -0.423 e. The molecule has 0 aliphatic carbocycles. The number of rotatable bonds is 3. The van der Waals surface area contributed by atoms with Gasteiger partial charge in [0.15, 0.2) is 18.9 Å². The SMILES string of the molecule is OB(O)c1ccc(C[n+]2ccccc2)cc1. The van der Waals surface area contributed by atoms with Crippen LogP contribution in [0.3, 0.4) is 0 Å². The lowest BCUT2D eigenvalue weighted by atomic mass is 9.80. The van der Waals surface area contributed by atoms with Crippen molar-refractivity contribution in [3.63, 3.8) is 0 Å². The van der Waals surface area contributed by atoms with Gasteiger partial charge in [0, 0.05) is 17.7 Å². The molecule has 0 amide bonds. The third-order valence-corrected chi connectivity index (χ3v) is 2.42. The molecule has 2 rings (SSSR count). The molecule has 0 bridgehead atoms. The first kappa shape index (κ1) is 10.9. The third kappa shape index (κ3) is 2.69. The van der Waals surface area contributed by atoms with E-state index < -0.39 is 7.12 Å². The van der Waals surface area contributed by atoms with Crippen LogP contribution in [0.2, 0.25) is 0 Å². The average molecular weight is 214 g/mol. The second kappa shape index (κ2) is 4.92. The van der Waals surface area contributed by atoms with Gasteiger partial charge in [-0.2, -0.15) is 0 Å². The molecular formula is C12H13BNO2+. The predicted octanol–water partition coefficient (Wildman–Crippen LogP) is -0.298. The first-order valence-corrected chi connectivity index (χ1v) is 5.15. The molecular weight excluding hydrogens is 201 g/mol. The standard InChI is InChI=1S/C12H13BNO2/c15-13(16)12-6-4-11(5-7-12)10-14-8-2-1-3-9-14/h1-9,15-16H,10H2/q+1. The normalized spacial score (nSPS) is 10.1. The van der Waals surface area contributed by atoms with Gasteiger partial charge in [0.1, 0.15) is 0 Å². The number of aromatic nitrogens is 1. The zero-order chi connectivity index (χ0) is 11.4. The van der Waals surface area contributed by atoms with E-state index in [9.17, 15) is 0 Å². The fourth-order valence-electron chi connectivity index (χ4n) is 1.55. The highest BCUT2D eigenvalue weighted by molar-refractivity contribution is 6.58. The van der Waals surface area contributed by atoms with E-state index in [1.807, 2.05) is 42.7 Å². The Morgan fingerprint density at radius 2 is 1.56 bits per heavy atom. The predicted molar refractivity (Wildman–Crippen MR) is 62.0 cm³/mol. The highest BCUT2D eigenvalue weighted by Gasteiger charge is 2.10. The van der Waals surface area contributed by atoms with Gasteiger partial charge in [-0.25, -0.2) is 4.57 Å². The Balaban J connectivity index is 2.11. The Morgan fingerprint density at radius 1 is 0.938 bits per heavy atom. The summed E-state index contributed by atoms with van der Waals surface area (Å²) >= 11 is 0. The second-order valence-corrected chi connectivity index (χ2v) is 3.66. The molecule has 0 saturated carbocycles. The summed E-state index contributed by atoms with van der Waals surface area (Å²) < 4.78 is 2.06. The molecule has 0 unspecified atom stereocenters. The van der Waals surface area contributed by atoms with Crippen molar-refractivity contribution in [2.45, 2.75) is 6.54 Å². The fraction of sp³-hybridized carbons (Fsp3) is 0.0833. The molecule has 16 heavy (non-hydrogen) atoms. The van der Waals surface area contributed by atoms with E-state index >= 15 is 0 Å². The number of nitrogens with zero attached hydrogens (tertiary/aromatic N) is 1. The van der Waals surface area contributed by atoms with E-state index in [0.717, 1.165) is 12.1 Å². The minimum atomic E-state index is -1.39. The molecule has 1 aromatic heterocycles. The number of pyridine rings is 1. The van der Waals surface area contributed by atoms with Crippen molar-refractivity contribution in [2.75, 3.05) is 0 Å². The van der Waals surface area contributed by atoms with E-state index in [4.69, 9.17) is 10.0 Å². The summed E-state index contributed by atoms with van der Waals surface area (Å²) in [5, 5.41) is 17.9. The summed E-state index contributed by atoms with van der Waals surface area (Å²) in [7, 11) is -1.39. The Morgan fingerprint density at radius 3 is 2.12 bits per heavy atom. The van der Waals surface area contributed by atoms with Crippen LogP contribution >= 0.6 is 0 Å². The summed E-state index contributed by atoms with van der Waals surface area (Å²) in [6.45, 7) is 0.780. The smallest absolute Gasteiger partial charge is 0.423 e. The van der Waals surface area contributed by atoms with Crippen molar-refractivity contribution < 1.29 is 14.6 Å². The minimum absolute atomic E-state index is 0.516. The van der Waals surface area contributed by atoms with Crippen LogP contribution in [-0.4, -0.2) is 17.2 Å². The maximum atomic E-state index is 8.95. The molecule has 0 spiro atoms. The maximum absolute atomic E-state index is 8.95. The lowest BCUT2D eigenvalue weighted by molar-refractivity contribution is -0.688. The molecule has 0 aliphatic heterocycles. The Kier molecular flexibility index (Phi) is 3.34. The van der Waals surface area contributed by atoms with Gasteiger partial charge < -0.3 is 10.0 Å². The molecule has 0 radical (unpaired) electrons. The van der Waals surface area contributed by atoms with Crippen LogP contribution in [0.1, 0.15) is 5.56 Å². The van der Waals surface area contributed by atoms with Gasteiger partial charge in [-0.05, 0) is 5.46 Å². The van der Waals surface area contributed by atoms with E-state index in [0.29, 0.717) is 5.46 Å². The van der Waals surface area contributed by atoms with Gasteiger partial charge in [-0.15, -0.1) is 0 Å². The Hall–Kier alpha value is -1.65. The molecule has 0 saturated heterocycles. The van der Waals surface area contributed by atoms with Crippen molar-refractivity contribution in [3.05, 3.63) is 60.4 Å². The van der Waals surface area contributed by atoms with Crippen LogP contribution in [0.15, 0.2) is 54.9 Å². The van der Waals surface area contributed by atoms with Crippen LogP contribution < -0.4 is 10.0 Å².